The van der Waals surface area contributed by atoms with Crippen LogP contribution in [0.25, 0.3) is 0 Å². The zero-order valence-corrected chi connectivity index (χ0v) is 11.0. The average Bonchev–Trinajstić information content (AvgIpc) is 2.15. The SMILES string of the molecule is CNCCCSc1c(C)cc(C)cc1C. The van der Waals surface area contributed by atoms with E-state index in [9.17, 15) is 0 Å². The Hall–Kier alpha value is -0.470. The molecule has 0 atom stereocenters. The summed E-state index contributed by atoms with van der Waals surface area (Å²) in [5, 5.41) is 3.18. The Kier molecular flexibility index (Phi) is 5.20. The maximum absolute atomic E-state index is 3.18. The Morgan fingerprint density at radius 2 is 1.73 bits per heavy atom. The van der Waals surface area contributed by atoms with E-state index in [1.54, 1.807) is 0 Å². The zero-order valence-electron chi connectivity index (χ0n) is 10.2. The molecule has 0 aliphatic heterocycles. The highest BCUT2D eigenvalue weighted by Gasteiger charge is 2.03. The Morgan fingerprint density at radius 3 is 2.27 bits per heavy atom. The first kappa shape index (κ1) is 12.6. The van der Waals surface area contributed by atoms with E-state index in [0.29, 0.717) is 0 Å². The molecule has 0 saturated carbocycles. The Bertz CT molecular complexity index is 297. The number of rotatable bonds is 5. The van der Waals surface area contributed by atoms with Crippen molar-refractivity contribution in [3.05, 3.63) is 28.8 Å². The summed E-state index contributed by atoms with van der Waals surface area (Å²) in [6.45, 7) is 7.69. The molecule has 0 spiro atoms. The maximum Gasteiger partial charge on any atom is 0.0131 e. The van der Waals surface area contributed by atoms with Crippen molar-refractivity contribution in [2.45, 2.75) is 32.1 Å². The van der Waals surface area contributed by atoms with Crippen LogP contribution in [-0.4, -0.2) is 19.3 Å². The van der Waals surface area contributed by atoms with Gasteiger partial charge in [0.15, 0.2) is 0 Å². The molecule has 0 aliphatic rings. The van der Waals surface area contributed by atoms with E-state index in [0.717, 1.165) is 6.54 Å². The fourth-order valence-electron chi connectivity index (χ4n) is 1.82. The number of hydrogen-bond acceptors (Lipinski definition) is 2. The van der Waals surface area contributed by atoms with E-state index in [1.807, 2.05) is 18.8 Å². The first-order valence-corrected chi connectivity index (χ1v) is 6.49. The van der Waals surface area contributed by atoms with Crippen molar-refractivity contribution in [1.29, 1.82) is 0 Å². The third-order valence-electron chi connectivity index (χ3n) is 2.42. The van der Waals surface area contributed by atoms with Crippen LogP contribution < -0.4 is 5.32 Å². The van der Waals surface area contributed by atoms with Crippen molar-refractivity contribution in [1.82, 2.24) is 5.32 Å². The fraction of sp³-hybridized carbons (Fsp3) is 0.538. The summed E-state index contributed by atoms with van der Waals surface area (Å²) in [5.74, 6) is 1.20. The van der Waals surface area contributed by atoms with Gasteiger partial charge in [-0.3, -0.25) is 0 Å². The Labute approximate surface area is 97.7 Å². The van der Waals surface area contributed by atoms with Crippen molar-refractivity contribution < 1.29 is 0 Å². The lowest BCUT2D eigenvalue weighted by Crippen LogP contribution is -2.08. The van der Waals surface area contributed by atoms with E-state index < -0.39 is 0 Å². The van der Waals surface area contributed by atoms with Gasteiger partial charge in [-0.2, -0.15) is 0 Å². The van der Waals surface area contributed by atoms with E-state index in [1.165, 1.54) is 33.8 Å². The van der Waals surface area contributed by atoms with Crippen molar-refractivity contribution in [3.8, 4) is 0 Å². The first-order chi connectivity index (χ1) is 7.15. The quantitative estimate of drug-likeness (QED) is 0.607. The van der Waals surface area contributed by atoms with Gasteiger partial charge in [0.1, 0.15) is 0 Å². The lowest BCUT2D eigenvalue weighted by molar-refractivity contribution is 0.778. The molecule has 1 aromatic rings. The van der Waals surface area contributed by atoms with Crippen molar-refractivity contribution in [2.75, 3.05) is 19.3 Å². The van der Waals surface area contributed by atoms with Gasteiger partial charge in [0.05, 0.1) is 0 Å². The van der Waals surface area contributed by atoms with Gasteiger partial charge in [-0.15, -0.1) is 11.8 Å². The van der Waals surface area contributed by atoms with Crippen molar-refractivity contribution in [2.24, 2.45) is 0 Å². The molecule has 0 heterocycles. The van der Waals surface area contributed by atoms with Crippen LogP contribution in [0.15, 0.2) is 17.0 Å². The second kappa shape index (κ2) is 6.19. The molecular weight excluding hydrogens is 202 g/mol. The van der Waals surface area contributed by atoms with E-state index in [2.05, 4.69) is 38.2 Å². The summed E-state index contributed by atoms with van der Waals surface area (Å²) in [4.78, 5) is 1.47. The van der Waals surface area contributed by atoms with Crippen LogP contribution in [0.5, 0.6) is 0 Å². The lowest BCUT2D eigenvalue weighted by atomic mass is 10.1. The van der Waals surface area contributed by atoms with Gasteiger partial charge in [-0.05, 0) is 57.7 Å². The minimum atomic E-state index is 1.11. The minimum absolute atomic E-state index is 1.11. The average molecular weight is 223 g/mol. The van der Waals surface area contributed by atoms with Gasteiger partial charge < -0.3 is 5.32 Å². The molecule has 0 saturated heterocycles. The topological polar surface area (TPSA) is 12.0 Å². The molecule has 0 aromatic heterocycles. The van der Waals surface area contributed by atoms with E-state index in [4.69, 9.17) is 0 Å². The molecule has 0 amide bonds. The molecule has 84 valence electrons. The van der Waals surface area contributed by atoms with Gasteiger partial charge in [-0.1, -0.05) is 17.7 Å². The molecule has 1 rings (SSSR count). The highest BCUT2D eigenvalue weighted by molar-refractivity contribution is 7.99. The molecule has 1 nitrogen and oxygen atoms in total. The molecule has 1 aromatic carbocycles. The predicted molar refractivity (Wildman–Crippen MR) is 69.9 cm³/mol. The fourth-order valence-corrected chi connectivity index (χ4v) is 2.88. The number of hydrogen-bond donors (Lipinski definition) is 1. The van der Waals surface area contributed by atoms with E-state index in [-0.39, 0.29) is 0 Å². The lowest BCUT2D eigenvalue weighted by Gasteiger charge is -2.10. The molecule has 0 aliphatic carbocycles. The number of nitrogens with one attached hydrogen (secondary N) is 1. The van der Waals surface area contributed by atoms with Crippen LogP contribution in [0.4, 0.5) is 0 Å². The molecule has 0 unspecified atom stereocenters. The third kappa shape index (κ3) is 3.88. The molecule has 1 N–H and O–H groups in total. The largest absolute Gasteiger partial charge is 0.320 e. The maximum atomic E-state index is 3.18. The normalized spacial score (nSPS) is 10.7. The highest BCUT2D eigenvalue weighted by Crippen LogP contribution is 2.27. The Morgan fingerprint density at radius 1 is 1.13 bits per heavy atom. The zero-order chi connectivity index (χ0) is 11.3. The Balaban J connectivity index is 2.60. The summed E-state index contributed by atoms with van der Waals surface area (Å²) in [7, 11) is 2.01. The summed E-state index contributed by atoms with van der Waals surface area (Å²) < 4.78 is 0. The predicted octanol–water partition coefficient (Wildman–Crippen LogP) is 3.31. The monoisotopic (exact) mass is 223 g/mol. The molecule has 2 heteroatoms. The van der Waals surface area contributed by atoms with Gasteiger partial charge in [0.25, 0.3) is 0 Å². The summed E-state index contributed by atoms with van der Waals surface area (Å²) in [6.07, 6.45) is 1.23. The molecule has 15 heavy (non-hydrogen) atoms. The van der Waals surface area contributed by atoms with Gasteiger partial charge in [0.2, 0.25) is 0 Å². The van der Waals surface area contributed by atoms with Crippen LogP contribution in [0.2, 0.25) is 0 Å². The van der Waals surface area contributed by atoms with Crippen molar-refractivity contribution in [3.63, 3.8) is 0 Å². The van der Waals surface area contributed by atoms with Gasteiger partial charge >= 0.3 is 0 Å². The van der Waals surface area contributed by atoms with Crippen LogP contribution in [-0.2, 0) is 0 Å². The minimum Gasteiger partial charge on any atom is -0.320 e. The number of thioether (sulfide) groups is 1. The second-order valence-electron chi connectivity index (χ2n) is 4.03. The second-order valence-corrected chi connectivity index (χ2v) is 5.14. The van der Waals surface area contributed by atoms with Crippen LogP contribution in [0.1, 0.15) is 23.1 Å². The standard InChI is InChI=1S/C13H21NS/c1-10-8-11(2)13(12(3)9-10)15-7-5-6-14-4/h8-9,14H,5-7H2,1-4H3. The smallest absolute Gasteiger partial charge is 0.0131 e. The highest BCUT2D eigenvalue weighted by atomic mass is 32.2. The molecular formula is C13H21NS. The van der Waals surface area contributed by atoms with E-state index >= 15 is 0 Å². The summed E-state index contributed by atoms with van der Waals surface area (Å²) in [5.41, 5.74) is 4.20. The summed E-state index contributed by atoms with van der Waals surface area (Å²) >= 11 is 1.98. The van der Waals surface area contributed by atoms with Crippen LogP contribution in [0.3, 0.4) is 0 Å². The van der Waals surface area contributed by atoms with Crippen LogP contribution in [0, 0.1) is 20.8 Å². The number of benzene rings is 1. The molecule has 0 bridgehead atoms. The third-order valence-corrected chi connectivity index (χ3v) is 3.85. The molecule has 0 fully saturated rings. The molecule has 0 radical (unpaired) electrons. The first-order valence-electron chi connectivity index (χ1n) is 5.50. The van der Waals surface area contributed by atoms with Crippen molar-refractivity contribution >= 4 is 11.8 Å². The number of aryl methyl sites for hydroxylation is 3. The van der Waals surface area contributed by atoms with Gasteiger partial charge in [0, 0.05) is 4.90 Å². The summed E-state index contributed by atoms with van der Waals surface area (Å²) in [6, 6.07) is 4.54. The van der Waals surface area contributed by atoms with Crippen LogP contribution >= 0.6 is 11.8 Å². The van der Waals surface area contributed by atoms with Gasteiger partial charge in [-0.25, -0.2) is 0 Å².